The molecule has 1 atom stereocenters. The van der Waals surface area contributed by atoms with Crippen LogP contribution < -0.4 is 0 Å². The first-order valence-corrected chi connectivity index (χ1v) is 4.04. The van der Waals surface area contributed by atoms with Crippen LogP contribution in [-0.2, 0) is 0 Å². The van der Waals surface area contributed by atoms with Crippen LogP contribution in [0, 0.1) is 5.92 Å². The van der Waals surface area contributed by atoms with Gasteiger partial charge in [0.15, 0.2) is 0 Å². The van der Waals surface area contributed by atoms with Crippen molar-refractivity contribution in [3.05, 3.63) is 24.9 Å². The zero-order valence-electron chi connectivity index (χ0n) is 7.67. The van der Waals surface area contributed by atoms with Crippen LogP contribution in [0.15, 0.2) is 29.9 Å². The molecule has 1 heteroatoms. The Morgan fingerprint density at radius 1 is 1.64 bits per heavy atom. The second-order valence-electron chi connectivity index (χ2n) is 2.66. The van der Waals surface area contributed by atoms with Crippen molar-refractivity contribution in [3.63, 3.8) is 0 Å². The van der Waals surface area contributed by atoms with E-state index in [-0.39, 0.29) is 0 Å². The molecular weight excluding hydrogens is 134 g/mol. The standard InChI is InChI=1S/C10H17N/c1-5-7-8-11-10(4)9(3)6-2/h5,7-9H,1,6H2,2-4H3/b8-7-,11-10-. The van der Waals surface area contributed by atoms with Gasteiger partial charge < -0.3 is 0 Å². The number of nitrogens with zero attached hydrogens (tertiary/aromatic N) is 1. The molecular formula is C10H17N. The van der Waals surface area contributed by atoms with Gasteiger partial charge in [0.05, 0.1) is 0 Å². The maximum absolute atomic E-state index is 4.25. The largest absolute Gasteiger partial charge is 0.266 e. The first-order chi connectivity index (χ1) is 5.22. The van der Waals surface area contributed by atoms with E-state index in [1.165, 1.54) is 5.71 Å². The second kappa shape index (κ2) is 5.90. The van der Waals surface area contributed by atoms with Crippen LogP contribution in [0.5, 0.6) is 0 Å². The summed E-state index contributed by atoms with van der Waals surface area (Å²) in [6.07, 6.45) is 6.50. The Bertz CT molecular complexity index is 166. The van der Waals surface area contributed by atoms with Gasteiger partial charge in [-0.15, -0.1) is 0 Å². The van der Waals surface area contributed by atoms with E-state index in [2.05, 4.69) is 32.3 Å². The highest BCUT2D eigenvalue weighted by Gasteiger charge is 1.99. The van der Waals surface area contributed by atoms with Crippen LogP contribution in [0.2, 0.25) is 0 Å². The summed E-state index contributed by atoms with van der Waals surface area (Å²) in [6, 6.07) is 0. The van der Waals surface area contributed by atoms with Gasteiger partial charge in [-0.1, -0.05) is 26.5 Å². The lowest BCUT2D eigenvalue weighted by Crippen LogP contribution is -2.03. The predicted octanol–water partition coefficient (Wildman–Crippen LogP) is 3.19. The SMILES string of the molecule is C=C/C=C\N=C(\C)C(C)CC. The molecule has 0 aromatic rings. The van der Waals surface area contributed by atoms with Crippen LogP contribution in [0.4, 0.5) is 0 Å². The Hall–Kier alpha value is -0.850. The highest BCUT2D eigenvalue weighted by atomic mass is 14.7. The summed E-state index contributed by atoms with van der Waals surface area (Å²) in [5.41, 5.74) is 1.19. The molecule has 0 fully saturated rings. The molecule has 1 unspecified atom stereocenters. The molecule has 0 heterocycles. The summed E-state index contributed by atoms with van der Waals surface area (Å²) in [7, 11) is 0. The average Bonchev–Trinajstić information content (AvgIpc) is 2.03. The Kier molecular flexibility index (Phi) is 5.44. The number of allylic oxidation sites excluding steroid dienone is 2. The Morgan fingerprint density at radius 3 is 2.73 bits per heavy atom. The van der Waals surface area contributed by atoms with E-state index in [0.717, 1.165) is 6.42 Å². The molecule has 0 aliphatic rings. The fourth-order valence-electron chi connectivity index (χ4n) is 0.644. The summed E-state index contributed by atoms with van der Waals surface area (Å²) < 4.78 is 0. The van der Waals surface area contributed by atoms with Crippen LogP contribution in [-0.4, -0.2) is 5.71 Å². The second-order valence-corrected chi connectivity index (χ2v) is 2.66. The van der Waals surface area contributed by atoms with Crippen molar-refractivity contribution in [1.82, 2.24) is 0 Å². The fraction of sp³-hybridized carbons (Fsp3) is 0.500. The van der Waals surface area contributed by atoms with E-state index < -0.39 is 0 Å². The van der Waals surface area contributed by atoms with Crippen LogP contribution in [0.25, 0.3) is 0 Å². The molecule has 0 aliphatic heterocycles. The molecule has 0 bridgehead atoms. The molecule has 0 rings (SSSR count). The zero-order chi connectivity index (χ0) is 8.69. The van der Waals surface area contributed by atoms with E-state index >= 15 is 0 Å². The number of rotatable bonds is 4. The van der Waals surface area contributed by atoms with Crippen LogP contribution >= 0.6 is 0 Å². The van der Waals surface area contributed by atoms with E-state index in [1.54, 1.807) is 12.3 Å². The minimum atomic E-state index is 0.587. The summed E-state index contributed by atoms with van der Waals surface area (Å²) in [4.78, 5) is 4.25. The van der Waals surface area contributed by atoms with Gasteiger partial charge in [-0.2, -0.15) is 0 Å². The van der Waals surface area contributed by atoms with Crippen molar-refractivity contribution in [2.24, 2.45) is 10.9 Å². The number of hydrogen-bond donors (Lipinski definition) is 0. The van der Waals surface area contributed by atoms with Crippen molar-refractivity contribution >= 4 is 5.71 Å². The van der Waals surface area contributed by atoms with Crippen LogP contribution in [0.3, 0.4) is 0 Å². The van der Waals surface area contributed by atoms with Crippen molar-refractivity contribution in [2.75, 3.05) is 0 Å². The first kappa shape index (κ1) is 10.2. The molecule has 0 aromatic heterocycles. The Morgan fingerprint density at radius 2 is 2.27 bits per heavy atom. The van der Waals surface area contributed by atoms with E-state index in [4.69, 9.17) is 0 Å². The number of hydrogen-bond acceptors (Lipinski definition) is 1. The molecule has 0 N–H and O–H groups in total. The molecule has 11 heavy (non-hydrogen) atoms. The fourth-order valence-corrected chi connectivity index (χ4v) is 0.644. The van der Waals surface area contributed by atoms with E-state index in [9.17, 15) is 0 Å². The van der Waals surface area contributed by atoms with Gasteiger partial charge in [-0.3, -0.25) is 4.99 Å². The molecule has 0 aliphatic carbocycles. The third kappa shape index (κ3) is 4.54. The quantitative estimate of drug-likeness (QED) is 0.432. The van der Waals surface area contributed by atoms with Gasteiger partial charge in [0.2, 0.25) is 0 Å². The molecule has 0 aromatic carbocycles. The topological polar surface area (TPSA) is 12.4 Å². The summed E-state index contributed by atoms with van der Waals surface area (Å²) >= 11 is 0. The molecule has 0 saturated carbocycles. The lowest BCUT2D eigenvalue weighted by atomic mass is 10.0. The summed E-state index contributed by atoms with van der Waals surface area (Å²) in [5, 5.41) is 0. The van der Waals surface area contributed by atoms with Crippen molar-refractivity contribution in [2.45, 2.75) is 27.2 Å². The van der Waals surface area contributed by atoms with Crippen molar-refractivity contribution in [1.29, 1.82) is 0 Å². The minimum absolute atomic E-state index is 0.587. The maximum atomic E-state index is 4.25. The maximum Gasteiger partial charge on any atom is 0.0266 e. The van der Waals surface area contributed by atoms with Gasteiger partial charge in [0.1, 0.15) is 0 Å². The lowest BCUT2D eigenvalue weighted by molar-refractivity contribution is 0.736. The normalized spacial score (nSPS) is 15.4. The lowest BCUT2D eigenvalue weighted by Gasteiger charge is -2.05. The predicted molar refractivity (Wildman–Crippen MR) is 51.9 cm³/mol. The smallest absolute Gasteiger partial charge is 0.0266 e. The van der Waals surface area contributed by atoms with Crippen LogP contribution in [0.1, 0.15) is 27.2 Å². The Labute approximate surface area is 69.5 Å². The van der Waals surface area contributed by atoms with Gasteiger partial charge in [0, 0.05) is 11.9 Å². The van der Waals surface area contributed by atoms with Gasteiger partial charge in [-0.05, 0) is 25.3 Å². The Balaban J connectivity index is 3.98. The minimum Gasteiger partial charge on any atom is -0.266 e. The third-order valence-corrected chi connectivity index (χ3v) is 1.83. The molecule has 0 saturated heterocycles. The van der Waals surface area contributed by atoms with Crippen molar-refractivity contribution in [3.8, 4) is 0 Å². The summed E-state index contributed by atoms with van der Waals surface area (Å²) in [5.74, 6) is 0.587. The van der Waals surface area contributed by atoms with Gasteiger partial charge in [-0.25, -0.2) is 0 Å². The molecule has 0 amide bonds. The first-order valence-electron chi connectivity index (χ1n) is 4.04. The van der Waals surface area contributed by atoms with E-state index in [1.807, 2.05) is 6.08 Å². The third-order valence-electron chi connectivity index (χ3n) is 1.83. The van der Waals surface area contributed by atoms with Gasteiger partial charge in [0.25, 0.3) is 0 Å². The molecule has 0 radical (unpaired) electrons. The highest BCUT2D eigenvalue weighted by molar-refractivity contribution is 5.84. The number of aliphatic imine (C=N–C) groups is 1. The van der Waals surface area contributed by atoms with Crippen molar-refractivity contribution < 1.29 is 0 Å². The van der Waals surface area contributed by atoms with E-state index in [0.29, 0.717) is 5.92 Å². The van der Waals surface area contributed by atoms with Gasteiger partial charge >= 0.3 is 0 Å². The zero-order valence-corrected chi connectivity index (χ0v) is 7.67. The highest BCUT2D eigenvalue weighted by Crippen LogP contribution is 2.03. The molecule has 62 valence electrons. The molecule has 0 spiro atoms. The monoisotopic (exact) mass is 151 g/mol. The molecule has 1 nitrogen and oxygen atoms in total. The summed E-state index contributed by atoms with van der Waals surface area (Å²) in [6.45, 7) is 9.97. The average molecular weight is 151 g/mol.